The van der Waals surface area contributed by atoms with Crippen molar-refractivity contribution in [1.29, 1.82) is 0 Å². The highest BCUT2D eigenvalue weighted by Gasteiger charge is 2.14. The fourth-order valence-corrected chi connectivity index (χ4v) is 3.72. The molecule has 1 heterocycles. The summed E-state index contributed by atoms with van der Waals surface area (Å²) in [4.78, 5) is 24.1. The van der Waals surface area contributed by atoms with E-state index in [1.807, 2.05) is 61.0 Å². The van der Waals surface area contributed by atoms with Gasteiger partial charge in [-0.05, 0) is 41.1 Å². The molecule has 0 aliphatic heterocycles. The third kappa shape index (κ3) is 5.68. The fourth-order valence-electron chi connectivity index (χ4n) is 2.59. The van der Waals surface area contributed by atoms with Crippen molar-refractivity contribution in [2.75, 3.05) is 17.6 Å². The van der Waals surface area contributed by atoms with Crippen LogP contribution in [0.15, 0.2) is 58.2 Å². The lowest BCUT2D eigenvalue weighted by Crippen LogP contribution is -2.34. The van der Waals surface area contributed by atoms with Crippen LogP contribution >= 0.6 is 27.7 Å². The standard InChI is InChI=1S/C20H20BrN5O2S/c1-13-6-5-7-14(10-13)19-24-25-20(26(19)2)29-12-18(28)22-11-17(27)23-16-9-4-3-8-15(16)21/h3-10H,11-12H2,1-2H3,(H,22,28)(H,23,27). The van der Waals surface area contributed by atoms with Gasteiger partial charge in [0.25, 0.3) is 0 Å². The molecule has 3 rings (SSSR count). The predicted molar refractivity (Wildman–Crippen MR) is 118 cm³/mol. The molecule has 7 nitrogen and oxygen atoms in total. The van der Waals surface area contributed by atoms with Crippen molar-refractivity contribution in [2.45, 2.75) is 12.1 Å². The smallest absolute Gasteiger partial charge is 0.243 e. The van der Waals surface area contributed by atoms with E-state index in [4.69, 9.17) is 0 Å². The minimum Gasteiger partial charge on any atom is -0.346 e. The van der Waals surface area contributed by atoms with E-state index in [1.54, 1.807) is 6.07 Å². The van der Waals surface area contributed by atoms with E-state index in [0.717, 1.165) is 21.4 Å². The monoisotopic (exact) mass is 473 g/mol. The highest BCUT2D eigenvalue weighted by Crippen LogP contribution is 2.23. The number of thioether (sulfide) groups is 1. The van der Waals surface area contributed by atoms with Crippen LogP contribution in [0.4, 0.5) is 5.69 Å². The predicted octanol–water partition coefficient (Wildman–Crippen LogP) is 3.40. The Morgan fingerprint density at radius 1 is 1.10 bits per heavy atom. The molecule has 2 aromatic carbocycles. The molecule has 1 aromatic heterocycles. The van der Waals surface area contributed by atoms with Crippen LogP contribution in [-0.2, 0) is 16.6 Å². The molecular weight excluding hydrogens is 454 g/mol. The molecule has 0 saturated heterocycles. The number of aryl methyl sites for hydroxylation is 1. The zero-order chi connectivity index (χ0) is 20.8. The number of nitrogens with one attached hydrogen (secondary N) is 2. The van der Waals surface area contributed by atoms with Crippen molar-refractivity contribution in [1.82, 2.24) is 20.1 Å². The van der Waals surface area contributed by atoms with Gasteiger partial charge in [0, 0.05) is 17.1 Å². The van der Waals surface area contributed by atoms with E-state index < -0.39 is 0 Å². The summed E-state index contributed by atoms with van der Waals surface area (Å²) >= 11 is 4.64. The second-order valence-electron chi connectivity index (χ2n) is 6.33. The van der Waals surface area contributed by atoms with Gasteiger partial charge in [-0.1, -0.05) is 47.7 Å². The van der Waals surface area contributed by atoms with Gasteiger partial charge in [0.05, 0.1) is 18.0 Å². The van der Waals surface area contributed by atoms with Gasteiger partial charge in [-0.2, -0.15) is 0 Å². The number of aromatic nitrogens is 3. The largest absolute Gasteiger partial charge is 0.346 e. The molecule has 0 aliphatic rings. The minimum absolute atomic E-state index is 0.103. The Morgan fingerprint density at radius 3 is 2.66 bits per heavy atom. The number of para-hydroxylation sites is 1. The Balaban J connectivity index is 1.50. The van der Waals surface area contributed by atoms with E-state index in [9.17, 15) is 9.59 Å². The molecule has 150 valence electrons. The summed E-state index contributed by atoms with van der Waals surface area (Å²) in [5.74, 6) is 0.333. The third-order valence-corrected chi connectivity index (χ3v) is 5.75. The molecule has 0 unspecified atom stereocenters. The Kier molecular flexibility index (Phi) is 7.05. The highest BCUT2D eigenvalue weighted by molar-refractivity contribution is 9.10. The van der Waals surface area contributed by atoms with Crippen LogP contribution < -0.4 is 10.6 Å². The Labute approximate surface area is 181 Å². The first-order valence-electron chi connectivity index (χ1n) is 8.84. The minimum atomic E-state index is -0.296. The lowest BCUT2D eigenvalue weighted by Gasteiger charge is -2.08. The average Bonchev–Trinajstić information content (AvgIpc) is 3.07. The lowest BCUT2D eigenvalue weighted by atomic mass is 10.1. The van der Waals surface area contributed by atoms with Gasteiger partial charge in [-0.25, -0.2) is 0 Å². The number of hydrogen-bond acceptors (Lipinski definition) is 5. The summed E-state index contributed by atoms with van der Waals surface area (Å²) in [6, 6.07) is 15.3. The average molecular weight is 474 g/mol. The molecule has 0 atom stereocenters. The van der Waals surface area contributed by atoms with Crippen molar-refractivity contribution >= 4 is 45.2 Å². The van der Waals surface area contributed by atoms with Crippen molar-refractivity contribution in [2.24, 2.45) is 7.05 Å². The molecule has 2 N–H and O–H groups in total. The Hall–Kier alpha value is -2.65. The van der Waals surface area contributed by atoms with Crippen LogP contribution in [0.5, 0.6) is 0 Å². The molecule has 0 aliphatic carbocycles. The van der Waals surface area contributed by atoms with Crippen molar-refractivity contribution in [3.63, 3.8) is 0 Å². The van der Waals surface area contributed by atoms with Gasteiger partial charge in [0.1, 0.15) is 0 Å². The summed E-state index contributed by atoms with van der Waals surface area (Å²) in [7, 11) is 1.86. The number of carbonyl (C=O) groups is 2. The van der Waals surface area contributed by atoms with Crippen LogP contribution in [0.25, 0.3) is 11.4 Å². The van der Waals surface area contributed by atoms with Gasteiger partial charge >= 0.3 is 0 Å². The normalized spacial score (nSPS) is 10.6. The molecule has 0 bridgehead atoms. The summed E-state index contributed by atoms with van der Waals surface area (Å²) in [6.45, 7) is 1.92. The molecule has 0 radical (unpaired) electrons. The molecular formula is C20H20BrN5O2S. The van der Waals surface area contributed by atoms with Gasteiger partial charge < -0.3 is 15.2 Å². The lowest BCUT2D eigenvalue weighted by molar-refractivity contribution is -0.122. The molecule has 29 heavy (non-hydrogen) atoms. The van der Waals surface area contributed by atoms with Gasteiger partial charge in [0.2, 0.25) is 11.8 Å². The van der Waals surface area contributed by atoms with Crippen molar-refractivity contribution in [3.05, 3.63) is 58.6 Å². The van der Waals surface area contributed by atoms with E-state index >= 15 is 0 Å². The first kappa shape index (κ1) is 21.1. The van der Waals surface area contributed by atoms with Crippen LogP contribution in [0.3, 0.4) is 0 Å². The first-order chi connectivity index (χ1) is 13.9. The SMILES string of the molecule is Cc1cccc(-c2nnc(SCC(=O)NCC(=O)Nc3ccccc3Br)n2C)c1. The van der Waals surface area contributed by atoms with Gasteiger partial charge in [0.15, 0.2) is 11.0 Å². The summed E-state index contributed by atoms with van der Waals surface area (Å²) in [5.41, 5.74) is 2.77. The summed E-state index contributed by atoms with van der Waals surface area (Å²) in [6.07, 6.45) is 0. The third-order valence-electron chi connectivity index (χ3n) is 4.04. The van der Waals surface area contributed by atoms with Crippen LogP contribution in [-0.4, -0.2) is 38.9 Å². The topological polar surface area (TPSA) is 88.9 Å². The molecule has 2 amide bonds. The number of anilines is 1. The maximum Gasteiger partial charge on any atom is 0.243 e. The van der Waals surface area contributed by atoms with E-state index in [2.05, 4.69) is 36.8 Å². The number of halogens is 1. The quantitative estimate of drug-likeness (QED) is 0.513. The zero-order valence-electron chi connectivity index (χ0n) is 16.0. The van der Waals surface area contributed by atoms with Crippen molar-refractivity contribution < 1.29 is 9.59 Å². The van der Waals surface area contributed by atoms with Crippen molar-refractivity contribution in [3.8, 4) is 11.4 Å². The second kappa shape index (κ2) is 9.71. The molecule has 0 spiro atoms. The maximum absolute atomic E-state index is 12.1. The molecule has 0 fully saturated rings. The van der Waals surface area contributed by atoms with E-state index in [0.29, 0.717) is 10.8 Å². The van der Waals surface area contributed by atoms with E-state index in [-0.39, 0.29) is 24.1 Å². The number of hydrogen-bond donors (Lipinski definition) is 2. The second-order valence-corrected chi connectivity index (χ2v) is 8.12. The maximum atomic E-state index is 12.1. The molecule has 3 aromatic rings. The Morgan fingerprint density at radius 2 is 1.90 bits per heavy atom. The first-order valence-corrected chi connectivity index (χ1v) is 10.6. The summed E-state index contributed by atoms with van der Waals surface area (Å²) < 4.78 is 2.63. The molecule has 9 heteroatoms. The van der Waals surface area contributed by atoms with Gasteiger partial charge in [-0.3, -0.25) is 9.59 Å². The summed E-state index contributed by atoms with van der Waals surface area (Å²) in [5, 5.41) is 14.4. The number of rotatable bonds is 7. The van der Waals surface area contributed by atoms with Crippen LogP contribution in [0.2, 0.25) is 0 Å². The number of amides is 2. The van der Waals surface area contributed by atoms with Crippen LogP contribution in [0, 0.1) is 6.92 Å². The van der Waals surface area contributed by atoms with Gasteiger partial charge in [-0.15, -0.1) is 10.2 Å². The van der Waals surface area contributed by atoms with E-state index in [1.165, 1.54) is 11.8 Å². The number of nitrogens with zero attached hydrogens (tertiary/aromatic N) is 3. The Bertz CT molecular complexity index is 1040. The number of carbonyl (C=O) groups excluding carboxylic acids is 2. The zero-order valence-corrected chi connectivity index (χ0v) is 18.4. The molecule has 0 saturated carbocycles. The van der Waals surface area contributed by atoms with Crippen LogP contribution in [0.1, 0.15) is 5.56 Å². The number of benzene rings is 2. The highest BCUT2D eigenvalue weighted by atomic mass is 79.9. The fraction of sp³-hybridized carbons (Fsp3) is 0.200.